The van der Waals surface area contributed by atoms with Crippen LogP contribution in [-0.4, -0.2) is 52.3 Å². The minimum atomic E-state index is -0.0723. The van der Waals surface area contributed by atoms with Crippen LogP contribution in [0.25, 0.3) is 0 Å². The Balaban J connectivity index is 1.65. The van der Waals surface area contributed by atoms with Crippen molar-refractivity contribution in [1.82, 2.24) is 5.32 Å². The van der Waals surface area contributed by atoms with Crippen molar-refractivity contribution in [2.24, 2.45) is 5.92 Å². The largest absolute Gasteiger partial charge is 0.497 e. The summed E-state index contributed by atoms with van der Waals surface area (Å²) < 4.78 is 10.7. The Morgan fingerprint density at radius 1 is 1.07 bits per heavy atom. The molecule has 0 aromatic heterocycles. The van der Waals surface area contributed by atoms with Gasteiger partial charge in [0.25, 0.3) is 0 Å². The van der Waals surface area contributed by atoms with Gasteiger partial charge in [0, 0.05) is 43.6 Å². The summed E-state index contributed by atoms with van der Waals surface area (Å²) in [6.45, 7) is 5.21. The molecule has 1 amide bonds. The minimum absolute atomic E-state index is 0.0723. The molecule has 2 heterocycles. The molecule has 0 bridgehead atoms. The van der Waals surface area contributed by atoms with Gasteiger partial charge in [0.1, 0.15) is 11.5 Å². The predicted octanol–water partition coefficient (Wildman–Crippen LogP) is 2.71. The Bertz CT molecular complexity index is 868. The number of nitrogens with zero attached hydrogens (tertiary/aromatic N) is 2. The molecular formula is C23H29N3O3. The SMILES string of the molecule is CCNC(=O)C1Cc2ccc(OC)cc2N2CCN(c3ccc(OC)cc3)CC12. The number of anilines is 2. The second kappa shape index (κ2) is 8.23. The van der Waals surface area contributed by atoms with Crippen LogP contribution in [0, 0.1) is 5.92 Å². The van der Waals surface area contributed by atoms with Gasteiger partial charge >= 0.3 is 0 Å². The van der Waals surface area contributed by atoms with E-state index in [-0.39, 0.29) is 17.9 Å². The number of hydrogen-bond donors (Lipinski definition) is 1. The van der Waals surface area contributed by atoms with E-state index in [0.717, 1.165) is 43.2 Å². The number of fused-ring (bicyclic) bond motifs is 3. The molecule has 2 aliphatic heterocycles. The maximum atomic E-state index is 12.9. The smallest absolute Gasteiger partial charge is 0.225 e. The van der Waals surface area contributed by atoms with Crippen molar-refractivity contribution in [3.05, 3.63) is 48.0 Å². The zero-order valence-corrected chi connectivity index (χ0v) is 17.4. The molecule has 0 aliphatic carbocycles. The Labute approximate surface area is 172 Å². The summed E-state index contributed by atoms with van der Waals surface area (Å²) in [7, 11) is 3.37. The molecule has 154 valence electrons. The van der Waals surface area contributed by atoms with Crippen LogP contribution in [0.2, 0.25) is 0 Å². The molecule has 6 nitrogen and oxygen atoms in total. The number of benzene rings is 2. The highest BCUT2D eigenvalue weighted by Gasteiger charge is 2.41. The van der Waals surface area contributed by atoms with Crippen LogP contribution < -0.4 is 24.6 Å². The number of hydrogen-bond acceptors (Lipinski definition) is 5. The summed E-state index contributed by atoms with van der Waals surface area (Å²) in [4.78, 5) is 17.7. The van der Waals surface area contributed by atoms with Crippen LogP contribution in [0.1, 0.15) is 12.5 Å². The molecule has 2 aromatic carbocycles. The van der Waals surface area contributed by atoms with Gasteiger partial charge in [-0.2, -0.15) is 0 Å². The first-order valence-electron chi connectivity index (χ1n) is 10.2. The van der Waals surface area contributed by atoms with Gasteiger partial charge in [-0.05, 0) is 49.2 Å². The Morgan fingerprint density at radius 3 is 2.48 bits per heavy atom. The molecular weight excluding hydrogens is 366 g/mol. The van der Waals surface area contributed by atoms with Gasteiger partial charge in [-0.3, -0.25) is 4.79 Å². The summed E-state index contributed by atoms with van der Waals surface area (Å²) in [5, 5.41) is 3.05. The molecule has 4 rings (SSSR count). The molecule has 2 aliphatic rings. The number of carbonyl (C=O) groups excluding carboxylic acids is 1. The highest BCUT2D eigenvalue weighted by Crippen LogP contribution is 2.39. The Morgan fingerprint density at radius 2 is 1.79 bits per heavy atom. The molecule has 0 saturated carbocycles. The van der Waals surface area contributed by atoms with Crippen LogP contribution in [0.5, 0.6) is 11.5 Å². The van der Waals surface area contributed by atoms with Crippen LogP contribution in [-0.2, 0) is 11.2 Å². The maximum Gasteiger partial charge on any atom is 0.225 e. The van der Waals surface area contributed by atoms with Gasteiger partial charge in [0.15, 0.2) is 0 Å². The third-order valence-electron chi connectivity index (χ3n) is 6.05. The summed E-state index contributed by atoms with van der Waals surface area (Å²) in [6, 6.07) is 14.5. The minimum Gasteiger partial charge on any atom is -0.497 e. The van der Waals surface area contributed by atoms with Crippen molar-refractivity contribution in [2.75, 3.05) is 50.2 Å². The fourth-order valence-corrected chi connectivity index (χ4v) is 4.54. The van der Waals surface area contributed by atoms with Crippen molar-refractivity contribution in [3.63, 3.8) is 0 Å². The van der Waals surface area contributed by atoms with E-state index in [4.69, 9.17) is 9.47 Å². The fraction of sp³-hybridized carbons (Fsp3) is 0.435. The summed E-state index contributed by atoms with van der Waals surface area (Å²) >= 11 is 0. The molecule has 1 N–H and O–H groups in total. The maximum absolute atomic E-state index is 12.9. The van der Waals surface area contributed by atoms with E-state index in [9.17, 15) is 4.79 Å². The van der Waals surface area contributed by atoms with E-state index in [0.29, 0.717) is 6.54 Å². The van der Waals surface area contributed by atoms with Crippen molar-refractivity contribution in [3.8, 4) is 11.5 Å². The van der Waals surface area contributed by atoms with Gasteiger partial charge < -0.3 is 24.6 Å². The first-order valence-corrected chi connectivity index (χ1v) is 10.2. The third kappa shape index (κ3) is 3.71. The van der Waals surface area contributed by atoms with Gasteiger partial charge in [0.2, 0.25) is 5.91 Å². The second-order valence-corrected chi connectivity index (χ2v) is 7.60. The van der Waals surface area contributed by atoms with Crippen LogP contribution in [0.15, 0.2) is 42.5 Å². The number of piperazine rings is 1. The van der Waals surface area contributed by atoms with Crippen LogP contribution in [0.4, 0.5) is 11.4 Å². The lowest BCUT2D eigenvalue weighted by Gasteiger charge is -2.49. The average molecular weight is 396 g/mol. The molecule has 2 unspecified atom stereocenters. The number of carbonyl (C=O) groups is 1. The fourth-order valence-electron chi connectivity index (χ4n) is 4.54. The summed E-state index contributed by atoms with van der Waals surface area (Å²) in [5.74, 6) is 1.78. The second-order valence-electron chi connectivity index (χ2n) is 7.60. The van der Waals surface area contributed by atoms with Crippen LogP contribution in [0.3, 0.4) is 0 Å². The van der Waals surface area contributed by atoms with Crippen molar-refractivity contribution in [1.29, 1.82) is 0 Å². The number of methoxy groups -OCH3 is 2. The topological polar surface area (TPSA) is 54.0 Å². The molecule has 6 heteroatoms. The lowest BCUT2D eigenvalue weighted by Crippen LogP contribution is -2.61. The van der Waals surface area contributed by atoms with E-state index in [1.165, 1.54) is 11.3 Å². The van der Waals surface area contributed by atoms with Gasteiger partial charge in [-0.25, -0.2) is 0 Å². The highest BCUT2D eigenvalue weighted by molar-refractivity contribution is 5.82. The molecule has 2 atom stereocenters. The third-order valence-corrected chi connectivity index (χ3v) is 6.05. The average Bonchev–Trinajstić information content (AvgIpc) is 2.78. The molecule has 0 radical (unpaired) electrons. The number of rotatable bonds is 5. The van der Waals surface area contributed by atoms with Crippen molar-refractivity contribution in [2.45, 2.75) is 19.4 Å². The van der Waals surface area contributed by atoms with E-state index in [2.05, 4.69) is 39.4 Å². The molecule has 29 heavy (non-hydrogen) atoms. The summed E-state index contributed by atoms with van der Waals surface area (Å²) in [5.41, 5.74) is 3.58. The zero-order valence-electron chi connectivity index (χ0n) is 17.4. The van der Waals surface area contributed by atoms with E-state index >= 15 is 0 Å². The number of ether oxygens (including phenoxy) is 2. The van der Waals surface area contributed by atoms with E-state index in [1.807, 2.05) is 25.1 Å². The standard InChI is InChI=1S/C23H29N3O3/c1-4-24-23(27)20-13-16-5-8-19(29-3)14-21(16)26-12-11-25(15-22(20)26)17-6-9-18(28-2)10-7-17/h5-10,14,20,22H,4,11-13,15H2,1-3H3,(H,24,27). The van der Waals surface area contributed by atoms with Gasteiger partial charge in [-0.15, -0.1) is 0 Å². The zero-order chi connectivity index (χ0) is 20.4. The summed E-state index contributed by atoms with van der Waals surface area (Å²) in [6.07, 6.45) is 0.753. The Hall–Kier alpha value is -2.89. The quantitative estimate of drug-likeness (QED) is 0.844. The monoisotopic (exact) mass is 395 g/mol. The lowest BCUT2D eigenvalue weighted by molar-refractivity contribution is -0.125. The molecule has 2 aromatic rings. The van der Waals surface area contributed by atoms with E-state index in [1.54, 1.807) is 14.2 Å². The lowest BCUT2D eigenvalue weighted by atomic mass is 9.83. The number of nitrogens with one attached hydrogen (secondary N) is 1. The van der Waals surface area contributed by atoms with E-state index < -0.39 is 0 Å². The normalized spacial score (nSPS) is 20.5. The highest BCUT2D eigenvalue weighted by atomic mass is 16.5. The van der Waals surface area contributed by atoms with Crippen molar-refractivity contribution < 1.29 is 14.3 Å². The molecule has 0 spiro atoms. The van der Waals surface area contributed by atoms with Crippen molar-refractivity contribution >= 4 is 17.3 Å². The predicted molar refractivity (Wildman–Crippen MR) is 115 cm³/mol. The van der Waals surface area contributed by atoms with Crippen LogP contribution >= 0.6 is 0 Å². The number of amides is 1. The molecule has 1 fully saturated rings. The molecule has 1 saturated heterocycles. The first-order chi connectivity index (χ1) is 14.1. The Kier molecular flexibility index (Phi) is 5.51. The van der Waals surface area contributed by atoms with Gasteiger partial charge in [0.05, 0.1) is 26.2 Å². The first kappa shape index (κ1) is 19.4. The van der Waals surface area contributed by atoms with Gasteiger partial charge in [-0.1, -0.05) is 6.07 Å².